The number of thioether (sulfide) groups is 1. The van der Waals surface area contributed by atoms with Gasteiger partial charge in [-0.1, -0.05) is 25.9 Å². The molecule has 0 fully saturated rings. The van der Waals surface area contributed by atoms with Gasteiger partial charge in [0.1, 0.15) is 5.69 Å². The lowest BCUT2D eigenvalue weighted by Crippen LogP contribution is -2.13. The second kappa shape index (κ2) is 5.62. The van der Waals surface area contributed by atoms with Gasteiger partial charge in [0.2, 0.25) is 5.89 Å². The Kier molecular flexibility index (Phi) is 4.08. The van der Waals surface area contributed by atoms with E-state index >= 15 is 0 Å². The highest BCUT2D eigenvalue weighted by Gasteiger charge is 2.20. The predicted molar refractivity (Wildman–Crippen MR) is 73.8 cm³/mol. The molecule has 106 valence electrons. The molecule has 2 aromatic rings. The fraction of sp³-hybridized carbons (Fsp3) is 0.385. The summed E-state index contributed by atoms with van der Waals surface area (Å²) in [6.45, 7) is 6.03. The summed E-state index contributed by atoms with van der Waals surface area (Å²) in [5, 5.41) is 12.8. The average molecular weight is 293 g/mol. The van der Waals surface area contributed by atoms with Gasteiger partial charge in [0.25, 0.3) is 0 Å². The minimum absolute atomic E-state index is 0.0240. The Morgan fingerprint density at radius 3 is 2.80 bits per heavy atom. The van der Waals surface area contributed by atoms with Gasteiger partial charge >= 0.3 is 5.97 Å². The molecule has 0 bridgehead atoms. The molecule has 0 saturated carbocycles. The van der Waals surface area contributed by atoms with Crippen LogP contribution in [0.4, 0.5) is 0 Å². The molecule has 7 heteroatoms. The summed E-state index contributed by atoms with van der Waals surface area (Å²) in [5.41, 5.74) is -0.129. The Balaban J connectivity index is 2.04. The van der Waals surface area contributed by atoms with Gasteiger partial charge in [-0.2, -0.15) is 4.98 Å². The molecule has 0 radical (unpaired) electrons. The Morgan fingerprint density at radius 2 is 2.20 bits per heavy atom. The van der Waals surface area contributed by atoms with Crippen LogP contribution in [0.5, 0.6) is 0 Å². The van der Waals surface area contributed by atoms with E-state index in [-0.39, 0.29) is 11.1 Å². The number of aromatic carboxylic acids is 1. The highest BCUT2D eigenvalue weighted by atomic mass is 32.2. The van der Waals surface area contributed by atoms with Crippen LogP contribution in [0.1, 0.15) is 43.0 Å². The maximum absolute atomic E-state index is 10.8. The molecule has 2 rings (SSSR count). The quantitative estimate of drug-likeness (QED) is 0.867. The number of carboxylic acids is 1. The first kappa shape index (κ1) is 14.5. The van der Waals surface area contributed by atoms with Crippen molar-refractivity contribution in [3.8, 4) is 0 Å². The number of hydrogen-bond donors (Lipinski definition) is 1. The topological polar surface area (TPSA) is 89.1 Å². The van der Waals surface area contributed by atoms with Crippen molar-refractivity contribution in [1.82, 2.24) is 15.1 Å². The molecule has 0 aliphatic carbocycles. The Hall–Kier alpha value is -1.89. The van der Waals surface area contributed by atoms with E-state index < -0.39 is 5.97 Å². The van der Waals surface area contributed by atoms with Crippen molar-refractivity contribution in [2.45, 2.75) is 36.8 Å². The summed E-state index contributed by atoms with van der Waals surface area (Å²) in [6.07, 6.45) is 1.47. The fourth-order valence-electron chi connectivity index (χ4n) is 1.38. The number of hydrogen-bond acceptors (Lipinski definition) is 6. The zero-order valence-electron chi connectivity index (χ0n) is 11.5. The second-order valence-electron chi connectivity index (χ2n) is 5.23. The summed E-state index contributed by atoms with van der Waals surface area (Å²) >= 11 is 1.43. The zero-order valence-corrected chi connectivity index (χ0v) is 12.3. The van der Waals surface area contributed by atoms with Gasteiger partial charge in [0.15, 0.2) is 5.82 Å². The summed E-state index contributed by atoms with van der Waals surface area (Å²) in [6, 6.07) is 3.27. The van der Waals surface area contributed by atoms with Crippen LogP contribution in [0, 0.1) is 0 Å². The van der Waals surface area contributed by atoms with Crippen molar-refractivity contribution in [1.29, 1.82) is 0 Å². The number of pyridine rings is 1. The Bertz CT molecular complexity index is 619. The van der Waals surface area contributed by atoms with Gasteiger partial charge in [0, 0.05) is 16.5 Å². The van der Waals surface area contributed by atoms with Gasteiger partial charge < -0.3 is 9.63 Å². The molecule has 0 aliphatic rings. The van der Waals surface area contributed by atoms with Crippen LogP contribution in [0.25, 0.3) is 0 Å². The molecular formula is C13H15N3O3S. The Labute approximate surface area is 120 Å². The number of carboxylic acid groups (broad SMARTS) is 1. The van der Waals surface area contributed by atoms with Crippen LogP contribution in [-0.4, -0.2) is 26.2 Å². The van der Waals surface area contributed by atoms with Crippen molar-refractivity contribution in [2.75, 3.05) is 0 Å². The zero-order chi connectivity index (χ0) is 14.8. The molecule has 0 amide bonds. The normalized spacial score (nSPS) is 11.6. The molecule has 0 aliphatic heterocycles. The van der Waals surface area contributed by atoms with Crippen LogP contribution >= 0.6 is 11.8 Å². The van der Waals surface area contributed by atoms with E-state index in [4.69, 9.17) is 9.63 Å². The molecule has 1 N–H and O–H groups in total. The van der Waals surface area contributed by atoms with E-state index in [0.29, 0.717) is 17.5 Å². The maximum atomic E-state index is 10.8. The minimum Gasteiger partial charge on any atom is -0.477 e. The molecule has 0 atom stereocenters. The van der Waals surface area contributed by atoms with E-state index in [1.54, 1.807) is 6.07 Å². The fourth-order valence-corrected chi connectivity index (χ4v) is 2.14. The van der Waals surface area contributed by atoms with Gasteiger partial charge in [-0.15, -0.1) is 11.8 Å². The average Bonchev–Trinajstić information content (AvgIpc) is 2.85. The lowest BCUT2D eigenvalue weighted by atomic mass is 9.96. The highest BCUT2D eigenvalue weighted by Crippen LogP contribution is 2.24. The third-order valence-electron chi connectivity index (χ3n) is 2.45. The number of carbonyl (C=O) groups is 1. The van der Waals surface area contributed by atoms with Crippen LogP contribution < -0.4 is 0 Å². The standard InChI is InChI=1S/C13H15N3O3S/c1-13(2,3)12-15-10(19-16-12)7-20-8-4-5-14-9(6-8)11(17)18/h4-6H,7H2,1-3H3,(H,17,18). The number of nitrogens with zero attached hydrogens (tertiary/aromatic N) is 3. The second-order valence-corrected chi connectivity index (χ2v) is 6.28. The van der Waals surface area contributed by atoms with Crippen LogP contribution in [0.2, 0.25) is 0 Å². The third kappa shape index (κ3) is 3.57. The lowest BCUT2D eigenvalue weighted by molar-refractivity contribution is 0.0690. The summed E-state index contributed by atoms with van der Waals surface area (Å²) in [7, 11) is 0. The van der Waals surface area contributed by atoms with Gasteiger partial charge in [0.05, 0.1) is 5.75 Å². The first-order valence-electron chi connectivity index (χ1n) is 6.01. The van der Waals surface area contributed by atoms with Crippen molar-refractivity contribution in [3.05, 3.63) is 35.7 Å². The molecule has 0 saturated heterocycles. The van der Waals surface area contributed by atoms with E-state index in [2.05, 4.69) is 15.1 Å². The van der Waals surface area contributed by atoms with E-state index in [0.717, 1.165) is 4.90 Å². The van der Waals surface area contributed by atoms with Gasteiger partial charge in [-0.25, -0.2) is 9.78 Å². The molecule has 6 nitrogen and oxygen atoms in total. The van der Waals surface area contributed by atoms with Crippen LogP contribution in [0.15, 0.2) is 27.7 Å². The van der Waals surface area contributed by atoms with Gasteiger partial charge in [-0.3, -0.25) is 0 Å². The highest BCUT2D eigenvalue weighted by molar-refractivity contribution is 7.98. The molecular weight excluding hydrogens is 278 g/mol. The lowest BCUT2D eigenvalue weighted by Gasteiger charge is -2.10. The van der Waals surface area contributed by atoms with E-state index in [1.807, 2.05) is 20.8 Å². The smallest absolute Gasteiger partial charge is 0.354 e. The van der Waals surface area contributed by atoms with E-state index in [1.165, 1.54) is 24.0 Å². The van der Waals surface area contributed by atoms with Crippen LogP contribution in [0.3, 0.4) is 0 Å². The molecule has 0 unspecified atom stereocenters. The first-order valence-corrected chi connectivity index (χ1v) is 7.00. The molecule has 0 spiro atoms. The molecule has 2 heterocycles. The first-order chi connectivity index (χ1) is 9.36. The third-order valence-corrected chi connectivity index (χ3v) is 3.43. The maximum Gasteiger partial charge on any atom is 0.354 e. The van der Waals surface area contributed by atoms with Crippen molar-refractivity contribution < 1.29 is 14.4 Å². The van der Waals surface area contributed by atoms with Crippen molar-refractivity contribution in [3.63, 3.8) is 0 Å². The summed E-state index contributed by atoms with van der Waals surface area (Å²) in [4.78, 5) is 19.7. The van der Waals surface area contributed by atoms with Crippen molar-refractivity contribution in [2.24, 2.45) is 0 Å². The number of rotatable bonds is 4. The van der Waals surface area contributed by atoms with Gasteiger partial charge in [-0.05, 0) is 12.1 Å². The molecule has 0 aromatic carbocycles. The molecule has 20 heavy (non-hydrogen) atoms. The summed E-state index contributed by atoms with van der Waals surface area (Å²) < 4.78 is 5.18. The number of aromatic nitrogens is 3. The van der Waals surface area contributed by atoms with E-state index in [9.17, 15) is 4.79 Å². The monoisotopic (exact) mass is 293 g/mol. The summed E-state index contributed by atoms with van der Waals surface area (Å²) in [5.74, 6) is 0.634. The van der Waals surface area contributed by atoms with Crippen LogP contribution in [-0.2, 0) is 11.2 Å². The molecule has 2 aromatic heterocycles. The Morgan fingerprint density at radius 1 is 1.45 bits per heavy atom. The van der Waals surface area contributed by atoms with Crippen molar-refractivity contribution >= 4 is 17.7 Å². The predicted octanol–water partition coefficient (Wildman–Crippen LogP) is 2.75. The minimum atomic E-state index is -1.04. The largest absolute Gasteiger partial charge is 0.477 e. The SMILES string of the molecule is CC(C)(C)c1noc(CSc2ccnc(C(=O)O)c2)n1.